The summed E-state index contributed by atoms with van der Waals surface area (Å²) in [6, 6.07) is 0. The summed E-state index contributed by atoms with van der Waals surface area (Å²) in [7, 11) is 2.02. The molecule has 0 unspecified atom stereocenters. The van der Waals surface area contributed by atoms with Crippen LogP contribution in [0.1, 0.15) is 32.6 Å². The van der Waals surface area contributed by atoms with Crippen molar-refractivity contribution < 1.29 is 5.11 Å². The van der Waals surface area contributed by atoms with Crippen molar-refractivity contribution in [3.63, 3.8) is 0 Å². The maximum absolute atomic E-state index is 8.76. The Morgan fingerprint density at radius 2 is 2.16 bits per heavy atom. The average Bonchev–Trinajstić information content (AvgIpc) is 2.42. The molecule has 1 rings (SSSR count). The largest absolute Gasteiger partial charge is 0.396 e. The van der Waals surface area contributed by atoms with E-state index >= 15 is 0 Å². The average molecular weight is 331 g/mol. The Bertz CT molecular complexity index is 376. The third-order valence-electron chi connectivity index (χ3n) is 2.77. The van der Waals surface area contributed by atoms with Gasteiger partial charge in [-0.15, -0.1) is 0 Å². The van der Waals surface area contributed by atoms with Gasteiger partial charge in [0.15, 0.2) is 0 Å². The molecule has 2 N–H and O–H groups in total. The van der Waals surface area contributed by atoms with E-state index in [1.165, 1.54) is 0 Å². The fourth-order valence-electron chi connectivity index (χ4n) is 1.69. The number of aliphatic hydroxyl groups excluding tert-OH is 1. The van der Waals surface area contributed by atoms with Gasteiger partial charge in [-0.1, -0.05) is 6.92 Å². The molecular formula is C13H23BrN4O. The molecule has 0 fully saturated rings. The second-order valence-corrected chi connectivity index (χ2v) is 5.35. The Morgan fingerprint density at radius 3 is 2.84 bits per heavy atom. The van der Waals surface area contributed by atoms with Crippen molar-refractivity contribution in [1.82, 2.24) is 9.97 Å². The lowest BCUT2D eigenvalue weighted by atomic mass is 10.2. The summed E-state index contributed by atoms with van der Waals surface area (Å²) < 4.78 is 0.902. The lowest BCUT2D eigenvalue weighted by molar-refractivity contribution is 0.283. The minimum Gasteiger partial charge on any atom is -0.396 e. The normalized spacial score (nSPS) is 10.5. The number of anilines is 2. The van der Waals surface area contributed by atoms with Gasteiger partial charge in [0.1, 0.15) is 5.82 Å². The number of halogens is 1. The van der Waals surface area contributed by atoms with E-state index < -0.39 is 0 Å². The van der Waals surface area contributed by atoms with Gasteiger partial charge in [-0.3, -0.25) is 0 Å². The highest BCUT2D eigenvalue weighted by molar-refractivity contribution is 9.10. The molecule has 108 valence electrons. The first-order valence-corrected chi connectivity index (χ1v) is 7.56. The number of rotatable bonds is 9. The van der Waals surface area contributed by atoms with Crippen LogP contribution in [0.4, 0.5) is 11.8 Å². The molecule has 0 aliphatic heterocycles. The lowest BCUT2D eigenvalue weighted by Gasteiger charge is -2.19. The SMILES string of the molecule is CCCNc1ncc(Br)c(N(C)CCCCCO)n1. The standard InChI is InChI=1S/C13H23BrN4O/c1-3-7-15-13-16-10-11(14)12(17-13)18(2)8-5-4-6-9-19/h10,19H,3-9H2,1-2H3,(H,15,16,17). The highest BCUT2D eigenvalue weighted by Crippen LogP contribution is 2.23. The molecular weight excluding hydrogens is 308 g/mol. The highest BCUT2D eigenvalue weighted by Gasteiger charge is 2.09. The Balaban J connectivity index is 2.58. The van der Waals surface area contributed by atoms with Gasteiger partial charge in [0.2, 0.25) is 5.95 Å². The van der Waals surface area contributed by atoms with Gasteiger partial charge in [-0.2, -0.15) is 4.98 Å². The summed E-state index contributed by atoms with van der Waals surface area (Å²) in [5, 5.41) is 12.0. The van der Waals surface area contributed by atoms with Crippen LogP contribution in [-0.2, 0) is 0 Å². The Morgan fingerprint density at radius 1 is 1.37 bits per heavy atom. The van der Waals surface area contributed by atoms with E-state index in [0.717, 1.165) is 49.1 Å². The molecule has 0 saturated carbocycles. The zero-order valence-electron chi connectivity index (χ0n) is 11.7. The maximum Gasteiger partial charge on any atom is 0.224 e. The first kappa shape index (κ1) is 16.2. The monoisotopic (exact) mass is 330 g/mol. The summed E-state index contributed by atoms with van der Waals surface area (Å²) in [4.78, 5) is 10.9. The second kappa shape index (κ2) is 9.09. The smallest absolute Gasteiger partial charge is 0.224 e. The van der Waals surface area contributed by atoms with E-state index in [1.54, 1.807) is 6.20 Å². The zero-order valence-corrected chi connectivity index (χ0v) is 13.3. The first-order valence-electron chi connectivity index (χ1n) is 6.77. The summed E-state index contributed by atoms with van der Waals surface area (Å²) in [6.07, 6.45) is 5.77. The maximum atomic E-state index is 8.76. The molecule has 0 radical (unpaired) electrons. The minimum absolute atomic E-state index is 0.270. The summed E-state index contributed by atoms with van der Waals surface area (Å²) >= 11 is 3.49. The predicted molar refractivity (Wildman–Crippen MR) is 82.7 cm³/mol. The van der Waals surface area contributed by atoms with Crippen LogP contribution in [0.3, 0.4) is 0 Å². The molecule has 5 nitrogen and oxygen atoms in total. The molecule has 0 atom stereocenters. The molecule has 0 aliphatic carbocycles. The molecule has 0 spiro atoms. The first-order chi connectivity index (χ1) is 9.19. The minimum atomic E-state index is 0.270. The van der Waals surface area contributed by atoms with Crippen molar-refractivity contribution in [2.45, 2.75) is 32.6 Å². The summed E-state index contributed by atoms with van der Waals surface area (Å²) in [5.41, 5.74) is 0. The third-order valence-corrected chi connectivity index (χ3v) is 3.33. The Hall–Kier alpha value is -0.880. The summed E-state index contributed by atoms with van der Waals surface area (Å²) in [6.45, 7) is 4.18. The number of aliphatic hydroxyl groups is 1. The van der Waals surface area contributed by atoms with E-state index in [0.29, 0.717) is 5.95 Å². The van der Waals surface area contributed by atoms with Crippen LogP contribution in [0.25, 0.3) is 0 Å². The Labute approximate surface area is 123 Å². The van der Waals surface area contributed by atoms with Crippen molar-refractivity contribution in [3.8, 4) is 0 Å². The van der Waals surface area contributed by atoms with E-state index in [1.807, 2.05) is 7.05 Å². The van der Waals surface area contributed by atoms with Crippen LogP contribution in [0, 0.1) is 0 Å². The van der Waals surface area contributed by atoms with Gasteiger partial charge in [0.05, 0.1) is 4.47 Å². The van der Waals surface area contributed by atoms with E-state index in [9.17, 15) is 0 Å². The van der Waals surface area contributed by atoms with Crippen LogP contribution >= 0.6 is 15.9 Å². The van der Waals surface area contributed by atoms with Crippen LogP contribution in [-0.4, -0.2) is 41.8 Å². The van der Waals surface area contributed by atoms with Gasteiger partial charge >= 0.3 is 0 Å². The molecule has 0 amide bonds. The fourth-order valence-corrected chi connectivity index (χ4v) is 2.18. The molecule has 0 aromatic carbocycles. The van der Waals surface area contributed by atoms with Gasteiger partial charge in [-0.25, -0.2) is 4.98 Å². The fraction of sp³-hybridized carbons (Fsp3) is 0.692. The number of nitrogens with one attached hydrogen (secondary N) is 1. The van der Waals surface area contributed by atoms with Crippen LogP contribution in [0.15, 0.2) is 10.7 Å². The molecule has 0 aliphatic rings. The molecule has 1 aromatic rings. The van der Waals surface area contributed by atoms with Crippen LogP contribution < -0.4 is 10.2 Å². The van der Waals surface area contributed by atoms with E-state index in [2.05, 4.69) is 43.0 Å². The van der Waals surface area contributed by atoms with Crippen LogP contribution in [0.5, 0.6) is 0 Å². The van der Waals surface area contributed by atoms with Crippen LogP contribution in [0.2, 0.25) is 0 Å². The zero-order chi connectivity index (χ0) is 14.1. The van der Waals surface area contributed by atoms with E-state index in [-0.39, 0.29) is 6.61 Å². The molecule has 0 bridgehead atoms. The second-order valence-electron chi connectivity index (χ2n) is 4.50. The van der Waals surface area contributed by atoms with Gasteiger partial charge < -0.3 is 15.3 Å². The lowest BCUT2D eigenvalue weighted by Crippen LogP contribution is -2.21. The number of nitrogens with zero attached hydrogens (tertiary/aromatic N) is 3. The van der Waals surface area contributed by atoms with Crippen molar-refractivity contribution in [1.29, 1.82) is 0 Å². The number of hydrogen-bond acceptors (Lipinski definition) is 5. The number of hydrogen-bond donors (Lipinski definition) is 2. The molecule has 19 heavy (non-hydrogen) atoms. The van der Waals surface area contributed by atoms with Gasteiger partial charge in [-0.05, 0) is 41.6 Å². The molecule has 1 aromatic heterocycles. The topological polar surface area (TPSA) is 61.3 Å². The van der Waals surface area contributed by atoms with Gasteiger partial charge in [0, 0.05) is 32.9 Å². The molecule has 6 heteroatoms. The van der Waals surface area contributed by atoms with Crippen molar-refractivity contribution in [2.75, 3.05) is 37.0 Å². The molecule has 1 heterocycles. The quantitative estimate of drug-likeness (QED) is 0.681. The highest BCUT2D eigenvalue weighted by atomic mass is 79.9. The third kappa shape index (κ3) is 5.74. The van der Waals surface area contributed by atoms with Gasteiger partial charge in [0.25, 0.3) is 0 Å². The Kier molecular flexibility index (Phi) is 7.74. The summed E-state index contributed by atoms with van der Waals surface area (Å²) in [5.74, 6) is 1.57. The van der Waals surface area contributed by atoms with E-state index in [4.69, 9.17) is 5.11 Å². The number of unbranched alkanes of at least 4 members (excludes halogenated alkanes) is 2. The predicted octanol–water partition coefficient (Wildman–Crippen LogP) is 2.66. The van der Waals surface area contributed by atoms with Crippen molar-refractivity contribution in [3.05, 3.63) is 10.7 Å². The van der Waals surface area contributed by atoms with Crippen molar-refractivity contribution in [2.24, 2.45) is 0 Å². The van der Waals surface area contributed by atoms with Crippen molar-refractivity contribution >= 4 is 27.7 Å². The molecule has 0 saturated heterocycles. The number of aromatic nitrogens is 2.